The van der Waals surface area contributed by atoms with Gasteiger partial charge in [-0.3, -0.25) is 9.48 Å². The molecule has 1 amide bonds. The van der Waals surface area contributed by atoms with Gasteiger partial charge in [-0.2, -0.15) is 5.10 Å². The Bertz CT molecular complexity index is 869. The molecule has 5 nitrogen and oxygen atoms in total. The standard InChI is InChI=1S/C19H21N3O2S/c1-14-5-4-6-17(9-14)24-12-15-10-18(25-13-15)19(23)21(2)11-16-7-8-20-22(16)3/h4-10,13H,11-12H2,1-3H3. The van der Waals surface area contributed by atoms with Gasteiger partial charge in [0, 0.05) is 25.9 Å². The maximum Gasteiger partial charge on any atom is 0.264 e. The second-order valence-electron chi connectivity index (χ2n) is 6.03. The van der Waals surface area contributed by atoms with Crippen LogP contribution in [-0.2, 0) is 20.2 Å². The SMILES string of the molecule is Cc1cccc(OCc2csc(C(=O)N(C)Cc3ccnn3C)c2)c1. The monoisotopic (exact) mass is 355 g/mol. The van der Waals surface area contributed by atoms with Crippen LogP contribution in [0.25, 0.3) is 0 Å². The molecule has 0 unspecified atom stereocenters. The number of carbonyl (C=O) groups is 1. The van der Waals surface area contributed by atoms with Crippen molar-refractivity contribution >= 4 is 17.2 Å². The lowest BCUT2D eigenvalue weighted by molar-refractivity contribution is 0.0786. The summed E-state index contributed by atoms with van der Waals surface area (Å²) in [6.07, 6.45) is 1.74. The van der Waals surface area contributed by atoms with Gasteiger partial charge in [-0.15, -0.1) is 11.3 Å². The van der Waals surface area contributed by atoms with Crippen molar-refractivity contribution in [1.82, 2.24) is 14.7 Å². The molecule has 130 valence electrons. The molecular formula is C19H21N3O2S. The number of nitrogens with zero attached hydrogens (tertiary/aromatic N) is 3. The lowest BCUT2D eigenvalue weighted by atomic mass is 10.2. The third-order valence-electron chi connectivity index (χ3n) is 3.93. The summed E-state index contributed by atoms with van der Waals surface area (Å²) in [7, 11) is 3.68. The Morgan fingerprint density at radius 2 is 2.16 bits per heavy atom. The third kappa shape index (κ3) is 4.28. The molecule has 25 heavy (non-hydrogen) atoms. The highest BCUT2D eigenvalue weighted by molar-refractivity contribution is 7.12. The number of thiophene rings is 1. The maximum absolute atomic E-state index is 12.6. The van der Waals surface area contributed by atoms with Crippen LogP contribution in [-0.4, -0.2) is 27.6 Å². The number of hydrogen-bond acceptors (Lipinski definition) is 4. The van der Waals surface area contributed by atoms with E-state index in [9.17, 15) is 4.79 Å². The topological polar surface area (TPSA) is 47.4 Å². The van der Waals surface area contributed by atoms with E-state index in [4.69, 9.17) is 4.74 Å². The van der Waals surface area contributed by atoms with Crippen LogP contribution in [0.2, 0.25) is 0 Å². The molecule has 0 N–H and O–H groups in total. The molecule has 0 aliphatic carbocycles. The summed E-state index contributed by atoms with van der Waals surface area (Å²) in [4.78, 5) is 15.0. The highest BCUT2D eigenvalue weighted by atomic mass is 32.1. The van der Waals surface area contributed by atoms with Gasteiger partial charge < -0.3 is 9.64 Å². The van der Waals surface area contributed by atoms with Gasteiger partial charge >= 0.3 is 0 Å². The molecule has 0 atom stereocenters. The smallest absolute Gasteiger partial charge is 0.264 e. The molecule has 0 saturated heterocycles. The summed E-state index contributed by atoms with van der Waals surface area (Å²) >= 11 is 1.45. The normalized spacial score (nSPS) is 10.7. The largest absolute Gasteiger partial charge is 0.489 e. The van der Waals surface area contributed by atoms with Crippen molar-refractivity contribution in [1.29, 1.82) is 0 Å². The molecular weight excluding hydrogens is 334 g/mol. The first-order valence-electron chi connectivity index (χ1n) is 8.02. The van der Waals surface area contributed by atoms with E-state index in [-0.39, 0.29) is 5.91 Å². The fraction of sp³-hybridized carbons (Fsp3) is 0.263. The number of carbonyl (C=O) groups excluding carboxylic acids is 1. The quantitative estimate of drug-likeness (QED) is 0.678. The van der Waals surface area contributed by atoms with Crippen LogP contribution in [0, 0.1) is 6.92 Å². The van der Waals surface area contributed by atoms with Crippen LogP contribution in [0.4, 0.5) is 0 Å². The van der Waals surface area contributed by atoms with E-state index in [1.807, 2.05) is 55.7 Å². The zero-order chi connectivity index (χ0) is 17.8. The van der Waals surface area contributed by atoms with Gasteiger partial charge in [0.05, 0.1) is 17.1 Å². The van der Waals surface area contributed by atoms with E-state index in [0.717, 1.165) is 22.6 Å². The molecule has 0 radical (unpaired) electrons. The predicted octanol–water partition coefficient (Wildman–Crippen LogP) is 3.64. The van der Waals surface area contributed by atoms with Crippen molar-refractivity contribution in [3.63, 3.8) is 0 Å². The van der Waals surface area contributed by atoms with Crippen molar-refractivity contribution in [2.45, 2.75) is 20.1 Å². The number of benzene rings is 1. The summed E-state index contributed by atoms with van der Waals surface area (Å²) in [5, 5.41) is 6.10. The van der Waals surface area contributed by atoms with Crippen molar-refractivity contribution in [3.8, 4) is 5.75 Å². The Morgan fingerprint density at radius 3 is 2.88 bits per heavy atom. The van der Waals surface area contributed by atoms with Crippen molar-refractivity contribution in [2.75, 3.05) is 7.05 Å². The Kier molecular flexibility index (Phi) is 5.19. The van der Waals surface area contributed by atoms with E-state index in [2.05, 4.69) is 5.10 Å². The highest BCUT2D eigenvalue weighted by Gasteiger charge is 2.16. The average molecular weight is 355 g/mol. The van der Waals surface area contributed by atoms with E-state index >= 15 is 0 Å². The van der Waals surface area contributed by atoms with Gasteiger partial charge in [-0.25, -0.2) is 0 Å². The number of hydrogen-bond donors (Lipinski definition) is 0. The lowest BCUT2D eigenvalue weighted by Gasteiger charge is -2.16. The molecule has 0 aliphatic rings. The molecule has 3 aromatic rings. The van der Waals surface area contributed by atoms with Crippen molar-refractivity contribution < 1.29 is 9.53 Å². The molecule has 0 aliphatic heterocycles. The van der Waals surface area contributed by atoms with Crippen molar-refractivity contribution in [2.24, 2.45) is 7.05 Å². The van der Waals surface area contributed by atoms with Gasteiger partial charge in [-0.05, 0) is 42.1 Å². The van der Waals surface area contributed by atoms with Crippen molar-refractivity contribution in [3.05, 3.63) is 69.7 Å². The first-order valence-corrected chi connectivity index (χ1v) is 8.90. The summed E-state index contributed by atoms with van der Waals surface area (Å²) in [6, 6.07) is 11.8. The minimum Gasteiger partial charge on any atom is -0.489 e. The molecule has 2 heterocycles. The summed E-state index contributed by atoms with van der Waals surface area (Å²) in [6.45, 7) is 3.02. The first-order chi connectivity index (χ1) is 12.0. The fourth-order valence-corrected chi connectivity index (χ4v) is 3.39. The Balaban J connectivity index is 1.60. The van der Waals surface area contributed by atoms with E-state index in [0.29, 0.717) is 18.0 Å². The lowest BCUT2D eigenvalue weighted by Crippen LogP contribution is -2.26. The molecule has 0 bridgehead atoms. The van der Waals surface area contributed by atoms with Crippen LogP contribution < -0.4 is 4.74 Å². The highest BCUT2D eigenvalue weighted by Crippen LogP contribution is 2.20. The maximum atomic E-state index is 12.6. The zero-order valence-electron chi connectivity index (χ0n) is 14.6. The second-order valence-corrected chi connectivity index (χ2v) is 6.94. The molecule has 3 rings (SSSR count). The number of aryl methyl sites for hydroxylation is 2. The summed E-state index contributed by atoms with van der Waals surface area (Å²) < 4.78 is 7.57. The Labute approximate surface area is 151 Å². The molecule has 6 heteroatoms. The predicted molar refractivity (Wildman–Crippen MR) is 98.8 cm³/mol. The van der Waals surface area contributed by atoms with Crippen LogP contribution in [0.5, 0.6) is 5.75 Å². The van der Waals surface area contributed by atoms with E-state index in [1.54, 1.807) is 22.8 Å². The third-order valence-corrected chi connectivity index (χ3v) is 4.89. The minimum atomic E-state index is 0.00741. The van der Waals surface area contributed by atoms with E-state index < -0.39 is 0 Å². The minimum absolute atomic E-state index is 0.00741. The molecule has 2 aromatic heterocycles. The summed E-state index contributed by atoms with van der Waals surface area (Å²) in [5.41, 5.74) is 3.16. The first kappa shape index (κ1) is 17.2. The van der Waals surface area contributed by atoms with Crippen LogP contribution in [0.1, 0.15) is 26.5 Å². The van der Waals surface area contributed by atoms with Gasteiger partial charge in [0.1, 0.15) is 12.4 Å². The molecule has 1 aromatic carbocycles. The molecule has 0 saturated carbocycles. The number of aromatic nitrogens is 2. The molecule has 0 spiro atoms. The summed E-state index contributed by atoms with van der Waals surface area (Å²) in [5.74, 6) is 0.848. The zero-order valence-corrected chi connectivity index (χ0v) is 15.4. The van der Waals surface area contributed by atoms with Gasteiger partial charge in [0.2, 0.25) is 0 Å². The number of rotatable bonds is 6. The Morgan fingerprint density at radius 1 is 1.32 bits per heavy atom. The van der Waals surface area contributed by atoms with E-state index in [1.165, 1.54) is 11.3 Å². The van der Waals surface area contributed by atoms with Crippen LogP contribution in [0.3, 0.4) is 0 Å². The Hall–Kier alpha value is -2.60. The average Bonchev–Trinajstić information content (AvgIpc) is 3.22. The number of amides is 1. The van der Waals surface area contributed by atoms with Crippen LogP contribution >= 0.6 is 11.3 Å². The number of ether oxygens (including phenoxy) is 1. The molecule has 0 fully saturated rings. The fourth-order valence-electron chi connectivity index (χ4n) is 2.49. The van der Waals surface area contributed by atoms with Gasteiger partial charge in [0.25, 0.3) is 5.91 Å². The van der Waals surface area contributed by atoms with Crippen LogP contribution in [0.15, 0.2) is 48.0 Å². The second kappa shape index (κ2) is 7.53. The van der Waals surface area contributed by atoms with Gasteiger partial charge in [-0.1, -0.05) is 12.1 Å². The van der Waals surface area contributed by atoms with Gasteiger partial charge in [0.15, 0.2) is 0 Å².